The molecule has 0 saturated carbocycles. The molecule has 0 aliphatic carbocycles. The third kappa shape index (κ3) is 6.23. The molecule has 5 nitrogen and oxygen atoms in total. The molecule has 0 radical (unpaired) electrons. The molecular formula is C25H32ClN3O2. The van der Waals surface area contributed by atoms with Crippen LogP contribution >= 0.6 is 11.6 Å². The quantitative estimate of drug-likeness (QED) is 0.392. The molecule has 0 spiro atoms. The van der Waals surface area contributed by atoms with Gasteiger partial charge in [0.05, 0.1) is 17.6 Å². The first-order valence-electron chi connectivity index (χ1n) is 11.1. The van der Waals surface area contributed by atoms with E-state index in [-0.39, 0.29) is 5.91 Å². The van der Waals surface area contributed by atoms with Crippen molar-refractivity contribution in [3.05, 3.63) is 58.4 Å². The molecular weight excluding hydrogens is 410 g/mol. The molecule has 0 fully saturated rings. The van der Waals surface area contributed by atoms with E-state index in [4.69, 9.17) is 21.3 Å². The summed E-state index contributed by atoms with van der Waals surface area (Å²) in [5.41, 5.74) is 4.22. The van der Waals surface area contributed by atoms with Crippen LogP contribution in [0.2, 0.25) is 5.02 Å². The number of fused-ring (bicyclic) bond motifs is 1. The van der Waals surface area contributed by atoms with Gasteiger partial charge in [-0.15, -0.1) is 0 Å². The van der Waals surface area contributed by atoms with E-state index in [0.717, 1.165) is 71.0 Å². The lowest BCUT2D eigenvalue weighted by molar-refractivity contribution is -0.121. The molecule has 1 heterocycles. The van der Waals surface area contributed by atoms with Gasteiger partial charge in [0.15, 0.2) is 0 Å². The number of aryl methyl sites for hydroxylation is 4. The van der Waals surface area contributed by atoms with E-state index in [0.29, 0.717) is 19.6 Å². The van der Waals surface area contributed by atoms with Crippen LogP contribution in [0.5, 0.6) is 5.75 Å². The number of para-hydroxylation sites is 2. The first-order chi connectivity index (χ1) is 15.0. The zero-order valence-electron chi connectivity index (χ0n) is 18.7. The van der Waals surface area contributed by atoms with Gasteiger partial charge in [0.1, 0.15) is 11.6 Å². The van der Waals surface area contributed by atoms with E-state index in [9.17, 15) is 4.79 Å². The van der Waals surface area contributed by atoms with Gasteiger partial charge in [-0.1, -0.05) is 30.7 Å². The highest BCUT2D eigenvalue weighted by molar-refractivity contribution is 6.32. The number of nitrogens with zero attached hydrogens (tertiary/aromatic N) is 2. The average molecular weight is 442 g/mol. The Morgan fingerprint density at radius 1 is 1.16 bits per heavy atom. The second kappa shape index (κ2) is 11.2. The number of halogens is 1. The SMILES string of the molecule is CCCC(=O)NCCCc1nc2ccccc2n1CCCOc1cc(C)c(Cl)c(C)c1. The monoisotopic (exact) mass is 441 g/mol. The van der Waals surface area contributed by atoms with Crippen LogP contribution < -0.4 is 10.1 Å². The third-order valence-electron chi connectivity index (χ3n) is 5.31. The van der Waals surface area contributed by atoms with Gasteiger partial charge in [0.25, 0.3) is 0 Å². The molecule has 166 valence electrons. The van der Waals surface area contributed by atoms with Gasteiger partial charge in [-0.05, 0) is 68.5 Å². The number of amides is 1. The molecule has 0 atom stereocenters. The minimum Gasteiger partial charge on any atom is -0.494 e. The largest absolute Gasteiger partial charge is 0.494 e. The first kappa shape index (κ1) is 23.1. The third-order valence-corrected chi connectivity index (χ3v) is 5.91. The zero-order chi connectivity index (χ0) is 22.2. The van der Waals surface area contributed by atoms with Gasteiger partial charge in [0.2, 0.25) is 5.91 Å². The van der Waals surface area contributed by atoms with Crippen molar-refractivity contribution in [2.24, 2.45) is 0 Å². The summed E-state index contributed by atoms with van der Waals surface area (Å²) in [6.07, 6.45) is 4.04. The van der Waals surface area contributed by atoms with Crippen LogP contribution in [0.4, 0.5) is 0 Å². The van der Waals surface area contributed by atoms with Crippen LogP contribution in [0, 0.1) is 13.8 Å². The maximum absolute atomic E-state index is 11.7. The molecule has 0 unspecified atom stereocenters. The molecule has 6 heteroatoms. The average Bonchev–Trinajstić information content (AvgIpc) is 3.10. The number of hydrogen-bond donors (Lipinski definition) is 1. The molecule has 0 saturated heterocycles. The lowest BCUT2D eigenvalue weighted by atomic mass is 10.1. The summed E-state index contributed by atoms with van der Waals surface area (Å²) in [5, 5.41) is 3.78. The normalized spacial score (nSPS) is 11.1. The number of nitrogens with one attached hydrogen (secondary N) is 1. The van der Waals surface area contributed by atoms with Crippen LogP contribution in [-0.2, 0) is 17.8 Å². The lowest BCUT2D eigenvalue weighted by Gasteiger charge is -2.12. The molecule has 1 N–H and O–H groups in total. The number of carbonyl (C=O) groups is 1. The Morgan fingerprint density at radius 3 is 2.65 bits per heavy atom. The predicted molar refractivity (Wildman–Crippen MR) is 127 cm³/mol. The summed E-state index contributed by atoms with van der Waals surface area (Å²) in [5.74, 6) is 2.04. The van der Waals surface area contributed by atoms with Crippen molar-refractivity contribution >= 4 is 28.5 Å². The number of imidazole rings is 1. The van der Waals surface area contributed by atoms with Gasteiger partial charge >= 0.3 is 0 Å². The number of hydrogen-bond acceptors (Lipinski definition) is 3. The molecule has 0 aliphatic rings. The highest BCUT2D eigenvalue weighted by atomic mass is 35.5. The van der Waals surface area contributed by atoms with Gasteiger partial charge in [0, 0.05) is 31.0 Å². The fraction of sp³-hybridized carbons (Fsp3) is 0.440. The van der Waals surface area contributed by atoms with Gasteiger partial charge < -0.3 is 14.6 Å². The Bertz CT molecular complexity index is 1010. The van der Waals surface area contributed by atoms with E-state index in [1.54, 1.807) is 0 Å². The predicted octanol–water partition coefficient (Wildman–Crippen LogP) is 5.62. The van der Waals surface area contributed by atoms with Crippen molar-refractivity contribution in [1.29, 1.82) is 0 Å². The number of ether oxygens (including phenoxy) is 1. The fourth-order valence-electron chi connectivity index (χ4n) is 3.76. The van der Waals surface area contributed by atoms with E-state index in [2.05, 4.69) is 16.0 Å². The summed E-state index contributed by atoms with van der Waals surface area (Å²) in [6, 6.07) is 12.2. The highest BCUT2D eigenvalue weighted by Gasteiger charge is 2.11. The van der Waals surface area contributed by atoms with Crippen molar-refractivity contribution in [2.45, 2.75) is 59.4 Å². The molecule has 0 bridgehead atoms. The summed E-state index contributed by atoms with van der Waals surface area (Å²) in [4.78, 5) is 16.5. The summed E-state index contributed by atoms with van der Waals surface area (Å²) in [7, 11) is 0. The van der Waals surface area contributed by atoms with Crippen LogP contribution in [0.1, 0.15) is 49.6 Å². The Morgan fingerprint density at radius 2 is 1.90 bits per heavy atom. The zero-order valence-corrected chi connectivity index (χ0v) is 19.5. The van der Waals surface area contributed by atoms with Crippen molar-refractivity contribution in [2.75, 3.05) is 13.2 Å². The second-order valence-electron chi connectivity index (χ2n) is 7.94. The summed E-state index contributed by atoms with van der Waals surface area (Å²) < 4.78 is 8.26. The lowest BCUT2D eigenvalue weighted by Crippen LogP contribution is -2.24. The molecule has 0 aliphatic heterocycles. The Balaban J connectivity index is 1.58. The molecule has 1 amide bonds. The van der Waals surface area contributed by atoms with E-state index in [1.807, 2.05) is 51.1 Å². The summed E-state index contributed by atoms with van der Waals surface area (Å²) in [6.45, 7) is 8.15. The van der Waals surface area contributed by atoms with Crippen LogP contribution in [0.15, 0.2) is 36.4 Å². The van der Waals surface area contributed by atoms with E-state index >= 15 is 0 Å². The van der Waals surface area contributed by atoms with Crippen molar-refractivity contribution in [1.82, 2.24) is 14.9 Å². The number of aromatic nitrogens is 2. The van der Waals surface area contributed by atoms with Crippen LogP contribution in [0.25, 0.3) is 11.0 Å². The molecule has 31 heavy (non-hydrogen) atoms. The number of rotatable bonds is 11. The fourth-order valence-corrected chi connectivity index (χ4v) is 3.87. The summed E-state index contributed by atoms with van der Waals surface area (Å²) >= 11 is 6.25. The van der Waals surface area contributed by atoms with Crippen LogP contribution in [0.3, 0.4) is 0 Å². The minimum atomic E-state index is 0.126. The van der Waals surface area contributed by atoms with E-state index in [1.165, 1.54) is 0 Å². The number of benzene rings is 2. The second-order valence-corrected chi connectivity index (χ2v) is 8.32. The maximum atomic E-state index is 11.7. The molecule has 3 rings (SSSR count). The van der Waals surface area contributed by atoms with Crippen molar-refractivity contribution in [3.8, 4) is 5.75 Å². The Hall–Kier alpha value is -2.53. The van der Waals surface area contributed by atoms with Crippen LogP contribution in [-0.4, -0.2) is 28.6 Å². The van der Waals surface area contributed by atoms with Crippen molar-refractivity contribution in [3.63, 3.8) is 0 Å². The maximum Gasteiger partial charge on any atom is 0.219 e. The Labute approximate surface area is 189 Å². The van der Waals surface area contributed by atoms with Gasteiger partial charge in [-0.25, -0.2) is 4.98 Å². The van der Waals surface area contributed by atoms with Gasteiger partial charge in [-0.3, -0.25) is 4.79 Å². The Kier molecular flexibility index (Phi) is 8.35. The molecule has 3 aromatic rings. The first-order valence-corrected chi connectivity index (χ1v) is 11.5. The standard InChI is InChI=1S/C25H32ClN3O2/c1-4-9-24(30)27-13-7-12-23-28-21-10-5-6-11-22(21)29(23)14-8-15-31-20-16-18(2)25(26)19(3)17-20/h5-6,10-11,16-17H,4,7-9,12-15H2,1-3H3,(H,27,30). The van der Waals surface area contributed by atoms with Crippen molar-refractivity contribution < 1.29 is 9.53 Å². The minimum absolute atomic E-state index is 0.126. The highest BCUT2D eigenvalue weighted by Crippen LogP contribution is 2.26. The smallest absolute Gasteiger partial charge is 0.219 e. The molecule has 1 aromatic heterocycles. The number of carbonyl (C=O) groups excluding carboxylic acids is 1. The van der Waals surface area contributed by atoms with Gasteiger partial charge in [-0.2, -0.15) is 0 Å². The topological polar surface area (TPSA) is 56.2 Å². The molecule has 2 aromatic carbocycles. The van der Waals surface area contributed by atoms with E-state index < -0.39 is 0 Å².